The monoisotopic (exact) mass is 362 g/mol. The molecular formula is C19H23ClN2O3. The number of anilines is 2. The van der Waals surface area contributed by atoms with Crippen LogP contribution in [0.25, 0.3) is 0 Å². The number of nitrogens with one attached hydrogen (secondary N) is 1. The zero-order chi connectivity index (χ0) is 18.7. The van der Waals surface area contributed by atoms with E-state index in [1.165, 1.54) is 0 Å². The first kappa shape index (κ1) is 19.2. The number of allylic oxidation sites excluding steroid dienone is 2. The number of nitrogen functional groups attached to an aromatic ring is 1. The molecule has 0 aliphatic heterocycles. The molecule has 1 aromatic rings. The van der Waals surface area contributed by atoms with Gasteiger partial charge in [0.15, 0.2) is 11.6 Å². The van der Waals surface area contributed by atoms with Gasteiger partial charge in [0, 0.05) is 28.9 Å². The fourth-order valence-corrected chi connectivity index (χ4v) is 3.18. The highest BCUT2D eigenvalue weighted by molar-refractivity contribution is 6.31. The van der Waals surface area contributed by atoms with E-state index in [1.54, 1.807) is 39.0 Å². The quantitative estimate of drug-likeness (QED) is 0.780. The van der Waals surface area contributed by atoms with Crippen molar-refractivity contribution in [2.75, 3.05) is 11.1 Å². The van der Waals surface area contributed by atoms with Gasteiger partial charge < -0.3 is 11.1 Å². The maximum absolute atomic E-state index is 12.4. The molecule has 0 aromatic heterocycles. The van der Waals surface area contributed by atoms with E-state index < -0.39 is 0 Å². The van der Waals surface area contributed by atoms with Crippen molar-refractivity contribution in [1.82, 2.24) is 0 Å². The van der Waals surface area contributed by atoms with Crippen molar-refractivity contribution in [3.8, 4) is 0 Å². The highest BCUT2D eigenvalue weighted by atomic mass is 35.5. The number of nitrogens with two attached hydrogens (primary N) is 1. The Morgan fingerprint density at radius 3 is 2.48 bits per heavy atom. The first-order valence-electron chi connectivity index (χ1n) is 8.35. The molecule has 1 amide bonds. The van der Waals surface area contributed by atoms with Crippen molar-refractivity contribution in [2.24, 2.45) is 11.8 Å². The average Bonchev–Trinajstić information content (AvgIpc) is 2.57. The van der Waals surface area contributed by atoms with Crippen LogP contribution in [0.2, 0.25) is 5.02 Å². The fourth-order valence-electron chi connectivity index (χ4n) is 3.00. The maximum Gasteiger partial charge on any atom is 0.224 e. The van der Waals surface area contributed by atoms with Gasteiger partial charge in [-0.05, 0) is 43.5 Å². The largest absolute Gasteiger partial charge is 0.397 e. The summed E-state index contributed by atoms with van der Waals surface area (Å²) in [5.41, 5.74) is 7.82. The molecule has 0 bridgehead atoms. The van der Waals surface area contributed by atoms with Gasteiger partial charge in [-0.15, -0.1) is 0 Å². The molecule has 2 rings (SSSR count). The molecule has 1 aromatic carbocycles. The number of rotatable bonds is 5. The third-order valence-electron chi connectivity index (χ3n) is 4.82. The number of Topliss-reactive ketones (excluding diaryl/α,β-unsaturated/α-hetero) is 2. The highest BCUT2D eigenvalue weighted by Gasteiger charge is 2.35. The van der Waals surface area contributed by atoms with Crippen LogP contribution < -0.4 is 11.1 Å². The summed E-state index contributed by atoms with van der Waals surface area (Å²) in [6, 6.07) is 4.87. The van der Waals surface area contributed by atoms with Crippen LogP contribution >= 0.6 is 11.6 Å². The van der Waals surface area contributed by atoms with Crippen LogP contribution in [0.3, 0.4) is 0 Å². The van der Waals surface area contributed by atoms with Gasteiger partial charge >= 0.3 is 0 Å². The lowest BCUT2D eigenvalue weighted by Gasteiger charge is -2.26. The van der Waals surface area contributed by atoms with E-state index in [1.807, 2.05) is 0 Å². The van der Waals surface area contributed by atoms with E-state index >= 15 is 0 Å². The van der Waals surface area contributed by atoms with Gasteiger partial charge in [0.25, 0.3) is 0 Å². The topological polar surface area (TPSA) is 89.3 Å². The Hall–Kier alpha value is -2.14. The number of hydrogen-bond acceptors (Lipinski definition) is 4. The van der Waals surface area contributed by atoms with Crippen LogP contribution in [-0.4, -0.2) is 17.5 Å². The van der Waals surface area contributed by atoms with Gasteiger partial charge in [-0.2, -0.15) is 0 Å². The summed E-state index contributed by atoms with van der Waals surface area (Å²) < 4.78 is 0. The number of carbonyl (C=O) groups is 3. The number of hydrogen-bond donors (Lipinski definition) is 2. The van der Waals surface area contributed by atoms with Crippen molar-refractivity contribution in [3.63, 3.8) is 0 Å². The number of benzene rings is 1. The van der Waals surface area contributed by atoms with Crippen LogP contribution in [0.15, 0.2) is 29.3 Å². The van der Waals surface area contributed by atoms with Crippen LogP contribution in [0, 0.1) is 11.8 Å². The summed E-state index contributed by atoms with van der Waals surface area (Å²) in [7, 11) is 0. The Balaban J connectivity index is 1.94. The minimum Gasteiger partial charge on any atom is -0.397 e. The van der Waals surface area contributed by atoms with Crippen LogP contribution in [-0.2, 0) is 14.4 Å². The molecule has 0 fully saturated rings. The van der Waals surface area contributed by atoms with E-state index in [4.69, 9.17) is 17.3 Å². The Kier molecular flexibility index (Phi) is 6.01. The molecule has 25 heavy (non-hydrogen) atoms. The standard InChI is InChI=1S/C19H23ClN2O3/c1-10-11(2)19(25)14(12(3)18(10)24)5-4-6-17(23)22-16-8-7-13(20)9-15(16)21/h7-11H,4-6,21H2,1-3H3,(H,22,23). The third kappa shape index (κ3) is 4.28. The van der Waals surface area contributed by atoms with E-state index in [-0.39, 0.29) is 35.7 Å². The molecule has 134 valence electrons. The van der Waals surface area contributed by atoms with E-state index in [9.17, 15) is 14.4 Å². The van der Waals surface area contributed by atoms with Gasteiger partial charge in [0.2, 0.25) is 5.91 Å². The summed E-state index contributed by atoms with van der Waals surface area (Å²) in [5.74, 6) is -0.711. The lowest BCUT2D eigenvalue weighted by atomic mass is 9.75. The minimum absolute atomic E-state index is 0.0203. The van der Waals surface area contributed by atoms with Crippen molar-refractivity contribution in [3.05, 3.63) is 34.4 Å². The zero-order valence-corrected chi connectivity index (χ0v) is 15.4. The van der Waals surface area contributed by atoms with E-state index in [0.717, 1.165) is 0 Å². The maximum atomic E-state index is 12.4. The average molecular weight is 363 g/mol. The van der Waals surface area contributed by atoms with Crippen molar-refractivity contribution >= 4 is 40.4 Å². The zero-order valence-electron chi connectivity index (χ0n) is 14.7. The van der Waals surface area contributed by atoms with Crippen LogP contribution in [0.5, 0.6) is 0 Å². The second kappa shape index (κ2) is 7.83. The molecule has 1 aliphatic rings. The lowest BCUT2D eigenvalue weighted by Crippen LogP contribution is -2.33. The highest BCUT2D eigenvalue weighted by Crippen LogP contribution is 2.31. The van der Waals surface area contributed by atoms with Crippen LogP contribution in [0.1, 0.15) is 40.0 Å². The molecule has 0 heterocycles. The molecule has 3 N–H and O–H groups in total. The summed E-state index contributed by atoms with van der Waals surface area (Å²) in [6.45, 7) is 5.27. The summed E-state index contributed by atoms with van der Waals surface area (Å²) in [5, 5.41) is 3.23. The number of amides is 1. The molecule has 1 aliphatic carbocycles. The van der Waals surface area contributed by atoms with Crippen molar-refractivity contribution in [2.45, 2.75) is 40.0 Å². The molecular weight excluding hydrogens is 340 g/mol. The number of halogens is 1. The summed E-state index contributed by atoms with van der Waals surface area (Å²) in [6.07, 6.45) is 1.16. The molecule has 0 spiro atoms. The molecule has 2 atom stereocenters. The van der Waals surface area contributed by atoms with Crippen LogP contribution in [0.4, 0.5) is 11.4 Å². The Bertz CT molecular complexity index is 755. The van der Waals surface area contributed by atoms with Gasteiger partial charge in [-0.3, -0.25) is 14.4 Å². The molecule has 0 radical (unpaired) electrons. The lowest BCUT2D eigenvalue weighted by molar-refractivity contribution is -0.129. The molecule has 6 heteroatoms. The Morgan fingerprint density at radius 1 is 1.20 bits per heavy atom. The van der Waals surface area contributed by atoms with Crippen molar-refractivity contribution < 1.29 is 14.4 Å². The molecule has 0 saturated heterocycles. The molecule has 0 saturated carbocycles. The summed E-state index contributed by atoms with van der Waals surface area (Å²) >= 11 is 5.83. The number of carbonyl (C=O) groups excluding carboxylic acids is 3. The van der Waals surface area contributed by atoms with Gasteiger partial charge in [-0.25, -0.2) is 0 Å². The second-order valence-corrected chi connectivity index (χ2v) is 6.98. The van der Waals surface area contributed by atoms with Gasteiger partial charge in [0.1, 0.15) is 0 Å². The number of ketones is 2. The molecule has 5 nitrogen and oxygen atoms in total. The van der Waals surface area contributed by atoms with Gasteiger partial charge in [0.05, 0.1) is 11.4 Å². The van der Waals surface area contributed by atoms with Crippen molar-refractivity contribution in [1.29, 1.82) is 0 Å². The van der Waals surface area contributed by atoms with E-state index in [2.05, 4.69) is 5.32 Å². The predicted octanol–water partition coefficient (Wildman–Crippen LogP) is 3.77. The van der Waals surface area contributed by atoms with Gasteiger partial charge in [-0.1, -0.05) is 25.4 Å². The summed E-state index contributed by atoms with van der Waals surface area (Å²) in [4.78, 5) is 36.6. The fraction of sp³-hybridized carbons (Fsp3) is 0.421. The first-order valence-corrected chi connectivity index (χ1v) is 8.73. The smallest absolute Gasteiger partial charge is 0.224 e. The minimum atomic E-state index is -0.297. The second-order valence-electron chi connectivity index (χ2n) is 6.54. The molecule has 2 unspecified atom stereocenters. The van der Waals surface area contributed by atoms with E-state index in [0.29, 0.717) is 40.4 Å². The predicted molar refractivity (Wildman–Crippen MR) is 99.4 cm³/mol. The first-order chi connectivity index (χ1) is 11.7. The SMILES string of the molecule is CC1=C(CCCC(=O)Nc2ccc(Cl)cc2N)C(=O)C(C)C(C)C1=O. The Labute approximate surface area is 152 Å². The third-order valence-corrected chi connectivity index (χ3v) is 5.05. The Morgan fingerprint density at radius 2 is 1.84 bits per heavy atom. The normalized spacial score (nSPS) is 20.8.